The van der Waals surface area contributed by atoms with Crippen molar-refractivity contribution < 1.29 is 29.2 Å². The number of nitrogens with one attached hydrogen (secondary N) is 1. The molecule has 5 atom stereocenters. The average molecular weight is 473 g/mol. The number of rotatable bonds is 6. The summed E-state index contributed by atoms with van der Waals surface area (Å²) in [5.41, 5.74) is 0.462. The van der Waals surface area contributed by atoms with Crippen molar-refractivity contribution >= 4 is 29.7 Å². The Morgan fingerprint density at radius 1 is 1.45 bits per heavy atom. The lowest BCUT2D eigenvalue weighted by molar-refractivity contribution is -0.219. The van der Waals surface area contributed by atoms with Gasteiger partial charge in [0.05, 0.1) is 11.6 Å². The second-order valence-corrected chi connectivity index (χ2v) is 7.81. The molecule has 3 rings (SSSR count). The summed E-state index contributed by atoms with van der Waals surface area (Å²) in [4.78, 5) is 11.7. The van der Waals surface area contributed by atoms with Gasteiger partial charge >= 0.3 is 0 Å². The topological polar surface area (TPSA) is 122 Å². The highest BCUT2D eigenvalue weighted by atomic mass is 35.5. The van der Waals surface area contributed by atoms with E-state index in [4.69, 9.17) is 28.6 Å². The van der Waals surface area contributed by atoms with Gasteiger partial charge in [-0.25, -0.2) is 9.07 Å². The number of hydrogen-bond acceptors (Lipinski definition) is 7. The second-order valence-electron chi connectivity index (χ2n) is 7.03. The van der Waals surface area contributed by atoms with Crippen molar-refractivity contribution in [2.24, 2.45) is 0 Å². The van der Waals surface area contributed by atoms with Crippen molar-refractivity contribution in [3.8, 4) is 11.4 Å². The molecular formula is C19H22ClFN4O5S. The van der Waals surface area contributed by atoms with Crippen LogP contribution >= 0.6 is 23.8 Å². The predicted molar refractivity (Wildman–Crippen MR) is 112 cm³/mol. The molecule has 4 N–H and O–H groups in total. The van der Waals surface area contributed by atoms with Crippen molar-refractivity contribution in [3.05, 3.63) is 46.5 Å². The molecule has 0 bridgehead atoms. The van der Waals surface area contributed by atoms with Gasteiger partial charge < -0.3 is 25.4 Å². The van der Waals surface area contributed by atoms with Crippen LogP contribution in [0.1, 0.15) is 13.2 Å². The number of halogens is 2. The third kappa shape index (κ3) is 4.56. The van der Waals surface area contributed by atoms with Gasteiger partial charge in [0.25, 0.3) is 0 Å². The summed E-state index contributed by atoms with van der Waals surface area (Å²) < 4.78 is 22.4. The number of aliphatic hydroxyl groups is 3. The molecule has 168 valence electrons. The lowest BCUT2D eigenvalue weighted by Crippen LogP contribution is -2.62. The molecule has 9 nitrogen and oxygen atoms in total. The van der Waals surface area contributed by atoms with E-state index in [-0.39, 0.29) is 16.3 Å². The summed E-state index contributed by atoms with van der Waals surface area (Å²) in [6.45, 7) is 4.61. The van der Waals surface area contributed by atoms with E-state index in [1.54, 1.807) is 10.6 Å². The molecule has 1 fully saturated rings. The van der Waals surface area contributed by atoms with Crippen LogP contribution in [0.5, 0.6) is 0 Å². The van der Waals surface area contributed by atoms with Crippen LogP contribution in [0, 0.1) is 10.6 Å². The first-order valence-electron chi connectivity index (χ1n) is 9.34. The fraction of sp³-hybridized carbons (Fsp3) is 0.421. The molecule has 12 heteroatoms. The first-order chi connectivity index (χ1) is 14.7. The minimum Gasteiger partial charge on any atom is -0.394 e. The molecule has 0 radical (unpaired) electrons. The van der Waals surface area contributed by atoms with Gasteiger partial charge in [-0.05, 0) is 30.4 Å². The quantitative estimate of drug-likeness (QED) is 0.368. The number of benzene rings is 1. The molecular weight excluding hydrogens is 451 g/mol. The number of aromatic nitrogens is 3. The number of carbonyl (C=O) groups is 1. The van der Waals surface area contributed by atoms with Gasteiger partial charge in [-0.2, -0.15) is 0 Å². The summed E-state index contributed by atoms with van der Waals surface area (Å²) in [5.74, 6) is -0.754. The van der Waals surface area contributed by atoms with Crippen LogP contribution in [-0.4, -0.2) is 66.5 Å². The molecule has 1 amide bonds. The molecule has 0 saturated carbocycles. The van der Waals surface area contributed by atoms with Gasteiger partial charge in [0.1, 0.15) is 30.2 Å². The molecule has 1 aliphatic rings. The maximum Gasteiger partial charge on any atom is 0.217 e. The molecule has 1 aliphatic heterocycles. The van der Waals surface area contributed by atoms with Gasteiger partial charge in [0.2, 0.25) is 10.7 Å². The van der Waals surface area contributed by atoms with E-state index < -0.39 is 48.9 Å². The number of nitrogens with zero attached hydrogens (tertiary/aromatic N) is 3. The maximum absolute atomic E-state index is 13.6. The molecule has 0 spiro atoms. The summed E-state index contributed by atoms with van der Waals surface area (Å²) in [6.07, 6.45) is -3.61. The normalized spacial score (nSPS) is 25.9. The Hall–Kier alpha value is -2.15. The Balaban J connectivity index is 2.15. The summed E-state index contributed by atoms with van der Waals surface area (Å²) in [5, 5.41) is 37.2. The lowest BCUT2D eigenvalue weighted by Gasteiger charge is -2.42. The maximum atomic E-state index is 13.6. The smallest absolute Gasteiger partial charge is 0.217 e. The van der Waals surface area contributed by atoms with E-state index in [2.05, 4.69) is 17.0 Å². The standard InChI is InChI=1S/C19H22ClFN4O5S/c1-3-6-24-17(10-4-5-12(21)11(20)7-10)23-25(19(24)31)18-14(22-9(2)27)16(29)15(28)13(8-26)30-18/h3-5,7,13-16,18,26,28-29H,1,6,8H2,2H3,(H,22,27)/t13-,14-,15-,16-,18-/m1/s1. The van der Waals surface area contributed by atoms with E-state index in [0.717, 1.165) is 0 Å². The molecule has 1 saturated heterocycles. The molecule has 0 aliphatic carbocycles. The number of amides is 1. The van der Waals surface area contributed by atoms with E-state index in [0.29, 0.717) is 11.4 Å². The zero-order valence-corrected chi connectivity index (χ0v) is 18.1. The lowest BCUT2D eigenvalue weighted by atomic mass is 9.96. The van der Waals surface area contributed by atoms with Crippen LogP contribution in [0.2, 0.25) is 5.02 Å². The number of ether oxygens (including phenoxy) is 1. The van der Waals surface area contributed by atoms with Gasteiger partial charge in [0, 0.05) is 19.0 Å². The molecule has 2 heterocycles. The fourth-order valence-corrected chi connectivity index (χ4v) is 3.90. The third-order valence-electron chi connectivity index (χ3n) is 4.89. The van der Waals surface area contributed by atoms with Gasteiger partial charge in [0.15, 0.2) is 12.1 Å². The first-order valence-corrected chi connectivity index (χ1v) is 10.1. The van der Waals surface area contributed by atoms with Crippen molar-refractivity contribution in [1.82, 2.24) is 19.7 Å². The highest BCUT2D eigenvalue weighted by Gasteiger charge is 2.46. The highest BCUT2D eigenvalue weighted by molar-refractivity contribution is 7.71. The second kappa shape index (κ2) is 9.55. The van der Waals surface area contributed by atoms with E-state index >= 15 is 0 Å². The van der Waals surface area contributed by atoms with E-state index in [9.17, 15) is 24.5 Å². The minimum absolute atomic E-state index is 0.105. The van der Waals surface area contributed by atoms with Crippen molar-refractivity contribution in [1.29, 1.82) is 0 Å². The number of hydrogen-bond donors (Lipinski definition) is 4. The average Bonchev–Trinajstić information content (AvgIpc) is 3.04. The zero-order chi connectivity index (χ0) is 22.9. The fourth-order valence-electron chi connectivity index (χ4n) is 3.42. The van der Waals surface area contributed by atoms with Crippen LogP contribution < -0.4 is 5.32 Å². The van der Waals surface area contributed by atoms with E-state index in [1.807, 2.05) is 0 Å². The number of carbonyl (C=O) groups excluding carboxylic acids is 1. The summed E-state index contributed by atoms with van der Waals surface area (Å²) in [7, 11) is 0. The third-order valence-corrected chi connectivity index (χ3v) is 5.58. The SMILES string of the molecule is C=CCn1c(-c2ccc(F)c(Cl)c2)nn([C@@H]2O[C@H](CO)[C@@H](O)[C@H](O)[C@H]2NC(C)=O)c1=S. The van der Waals surface area contributed by atoms with Crippen LogP contribution in [0.3, 0.4) is 0 Å². The van der Waals surface area contributed by atoms with Crippen molar-refractivity contribution in [2.75, 3.05) is 6.61 Å². The minimum atomic E-state index is -1.46. The molecule has 1 aromatic carbocycles. The predicted octanol–water partition coefficient (Wildman–Crippen LogP) is 1.18. The van der Waals surface area contributed by atoms with Crippen molar-refractivity contribution in [3.63, 3.8) is 0 Å². The van der Waals surface area contributed by atoms with Crippen LogP contribution in [0.4, 0.5) is 4.39 Å². The van der Waals surface area contributed by atoms with Crippen LogP contribution in [-0.2, 0) is 16.1 Å². The Kier molecular flexibility index (Phi) is 7.24. The summed E-state index contributed by atoms with van der Waals surface area (Å²) in [6, 6.07) is 2.94. The van der Waals surface area contributed by atoms with Gasteiger partial charge in [-0.15, -0.1) is 11.7 Å². The zero-order valence-electron chi connectivity index (χ0n) is 16.5. The first kappa shape index (κ1) is 23.5. The Morgan fingerprint density at radius 3 is 2.74 bits per heavy atom. The monoisotopic (exact) mass is 472 g/mol. The largest absolute Gasteiger partial charge is 0.394 e. The van der Waals surface area contributed by atoms with Crippen molar-refractivity contribution in [2.45, 2.75) is 44.1 Å². The molecule has 0 unspecified atom stereocenters. The van der Waals surface area contributed by atoms with Crippen LogP contribution in [0.25, 0.3) is 11.4 Å². The number of aliphatic hydroxyl groups excluding tert-OH is 3. The summed E-state index contributed by atoms with van der Waals surface area (Å²) >= 11 is 11.5. The Bertz CT molecular complexity index is 1040. The molecule has 2 aromatic rings. The Morgan fingerprint density at radius 2 is 2.16 bits per heavy atom. The highest BCUT2D eigenvalue weighted by Crippen LogP contribution is 2.31. The van der Waals surface area contributed by atoms with E-state index in [1.165, 1.54) is 29.8 Å². The van der Waals surface area contributed by atoms with Crippen LogP contribution in [0.15, 0.2) is 30.9 Å². The Labute approximate surface area is 187 Å². The molecule has 1 aromatic heterocycles. The number of allylic oxidation sites excluding steroid dienone is 1. The molecule has 31 heavy (non-hydrogen) atoms. The van der Waals surface area contributed by atoms with Gasteiger partial charge in [-0.3, -0.25) is 9.36 Å². The van der Waals surface area contributed by atoms with Gasteiger partial charge in [-0.1, -0.05) is 17.7 Å².